The van der Waals surface area contributed by atoms with Gasteiger partial charge in [-0.25, -0.2) is 0 Å². The molecule has 0 aliphatic heterocycles. The first kappa shape index (κ1) is 9.98. The molecule has 0 amide bonds. The smallest absolute Gasteiger partial charge is 0.275 e. The summed E-state index contributed by atoms with van der Waals surface area (Å²) in [5, 5.41) is 0.995. The van der Waals surface area contributed by atoms with Crippen LogP contribution in [0.4, 0.5) is 0 Å². The highest BCUT2D eigenvalue weighted by Crippen LogP contribution is 2.10. The Labute approximate surface area is 87.9 Å². The quantitative estimate of drug-likeness (QED) is 0.805. The van der Waals surface area contributed by atoms with Crippen molar-refractivity contribution in [1.82, 2.24) is 9.13 Å². The molecule has 2 aromatic rings. The van der Waals surface area contributed by atoms with Crippen LogP contribution in [0.15, 0.2) is 29.3 Å². The molecule has 0 fully saturated rings. The predicted octanol–water partition coefficient (Wildman–Crippen LogP) is 0.782. The fourth-order valence-electron chi connectivity index (χ4n) is 1.82. The van der Waals surface area contributed by atoms with E-state index in [1.807, 2.05) is 29.8 Å². The van der Waals surface area contributed by atoms with Crippen LogP contribution in [0, 0.1) is 0 Å². The van der Waals surface area contributed by atoms with Crippen molar-refractivity contribution in [2.24, 2.45) is 5.73 Å². The molecule has 0 radical (unpaired) electrons. The Bertz CT molecular complexity index is 524. The van der Waals surface area contributed by atoms with E-state index in [0.29, 0.717) is 13.1 Å². The lowest BCUT2D eigenvalue weighted by Gasteiger charge is -2.05. The number of nitrogens with two attached hydrogens (primary N) is 1. The van der Waals surface area contributed by atoms with E-state index in [1.54, 1.807) is 10.8 Å². The van der Waals surface area contributed by atoms with Crippen molar-refractivity contribution in [1.29, 1.82) is 0 Å². The molecule has 0 aliphatic rings. The monoisotopic (exact) mass is 205 g/mol. The molecule has 80 valence electrons. The Morgan fingerprint density at radius 2 is 1.93 bits per heavy atom. The molecule has 0 bridgehead atoms. The maximum absolute atomic E-state index is 12.0. The van der Waals surface area contributed by atoms with Gasteiger partial charge in [0.25, 0.3) is 5.56 Å². The molecule has 0 aromatic carbocycles. The number of pyridine rings is 1. The molecule has 0 saturated carbocycles. The van der Waals surface area contributed by atoms with Crippen molar-refractivity contribution in [3.63, 3.8) is 0 Å². The van der Waals surface area contributed by atoms with Gasteiger partial charge in [-0.3, -0.25) is 4.79 Å². The fraction of sp³-hybridized carbons (Fsp3) is 0.364. The molecule has 0 atom stereocenters. The third-order valence-electron chi connectivity index (χ3n) is 2.60. The van der Waals surface area contributed by atoms with Gasteiger partial charge in [-0.2, -0.15) is 0 Å². The van der Waals surface area contributed by atoms with E-state index in [9.17, 15) is 4.79 Å². The lowest BCUT2D eigenvalue weighted by molar-refractivity contribution is 0.679. The summed E-state index contributed by atoms with van der Waals surface area (Å²) in [5.74, 6) is 0. The summed E-state index contributed by atoms with van der Waals surface area (Å²) < 4.78 is 3.62. The summed E-state index contributed by atoms with van der Waals surface area (Å²) in [5.41, 5.74) is 6.27. The van der Waals surface area contributed by atoms with E-state index in [0.717, 1.165) is 17.4 Å². The molecule has 0 saturated heterocycles. The number of fused-ring (bicyclic) bond motifs is 1. The average Bonchev–Trinajstić information content (AvgIpc) is 2.66. The van der Waals surface area contributed by atoms with E-state index in [2.05, 4.69) is 0 Å². The van der Waals surface area contributed by atoms with Gasteiger partial charge in [-0.15, -0.1) is 0 Å². The van der Waals surface area contributed by atoms with Crippen molar-refractivity contribution in [2.75, 3.05) is 6.54 Å². The van der Waals surface area contributed by atoms with Crippen molar-refractivity contribution in [2.45, 2.75) is 20.0 Å². The first-order chi connectivity index (χ1) is 7.27. The van der Waals surface area contributed by atoms with Gasteiger partial charge in [0.2, 0.25) is 0 Å². The maximum Gasteiger partial charge on any atom is 0.275 e. The topological polar surface area (TPSA) is 52.9 Å². The van der Waals surface area contributed by atoms with Gasteiger partial charge < -0.3 is 14.9 Å². The van der Waals surface area contributed by atoms with Crippen LogP contribution in [-0.4, -0.2) is 15.7 Å². The highest BCUT2D eigenvalue weighted by Gasteiger charge is 2.06. The number of aryl methyl sites for hydroxylation is 1. The zero-order chi connectivity index (χ0) is 10.8. The minimum absolute atomic E-state index is 0.0461. The number of aromatic nitrogens is 2. The Morgan fingerprint density at radius 3 is 2.53 bits per heavy atom. The Hall–Kier alpha value is -1.55. The lowest BCUT2D eigenvalue weighted by atomic mass is 10.3. The zero-order valence-electron chi connectivity index (χ0n) is 8.81. The highest BCUT2D eigenvalue weighted by molar-refractivity contribution is 5.78. The summed E-state index contributed by atoms with van der Waals surface area (Å²) in [6, 6.07) is 3.92. The first-order valence-corrected chi connectivity index (χ1v) is 5.16. The molecular weight excluding hydrogens is 190 g/mol. The van der Waals surface area contributed by atoms with Crippen LogP contribution in [0.25, 0.3) is 10.9 Å². The van der Waals surface area contributed by atoms with Crippen LogP contribution >= 0.6 is 0 Å². The molecular formula is C11H15N3O. The van der Waals surface area contributed by atoms with Crippen LogP contribution in [-0.2, 0) is 13.1 Å². The van der Waals surface area contributed by atoms with E-state index in [1.165, 1.54) is 0 Å². The number of rotatable bonds is 3. The van der Waals surface area contributed by atoms with Gasteiger partial charge in [0, 0.05) is 37.4 Å². The molecule has 2 aromatic heterocycles. The first-order valence-electron chi connectivity index (χ1n) is 5.16. The van der Waals surface area contributed by atoms with E-state index in [4.69, 9.17) is 5.73 Å². The molecule has 0 unspecified atom stereocenters. The van der Waals surface area contributed by atoms with E-state index < -0.39 is 0 Å². The van der Waals surface area contributed by atoms with Gasteiger partial charge in [0.05, 0.1) is 0 Å². The Balaban J connectivity index is 2.70. The molecule has 2 N–H and O–H groups in total. The van der Waals surface area contributed by atoms with E-state index >= 15 is 0 Å². The van der Waals surface area contributed by atoms with Gasteiger partial charge in [0.15, 0.2) is 0 Å². The minimum atomic E-state index is 0.0461. The summed E-state index contributed by atoms with van der Waals surface area (Å²) in [6.45, 7) is 3.90. The minimum Gasteiger partial charge on any atom is -0.343 e. The summed E-state index contributed by atoms with van der Waals surface area (Å²) in [6.07, 6.45) is 3.75. The SMILES string of the molecule is CCn1ccc2ccn(CCN)c(=O)c21. The second-order valence-corrected chi connectivity index (χ2v) is 3.51. The van der Waals surface area contributed by atoms with Crippen LogP contribution in [0.2, 0.25) is 0 Å². The van der Waals surface area contributed by atoms with Crippen LogP contribution in [0.3, 0.4) is 0 Å². The van der Waals surface area contributed by atoms with Gasteiger partial charge in [-0.05, 0) is 19.1 Å². The van der Waals surface area contributed by atoms with Crippen molar-refractivity contribution in [3.05, 3.63) is 34.9 Å². The third kappa shape index (κ3) is 1.57. The number of nitrogens with zero attached hydrogens (tertiary/aromatic N) is 2. The molecule has 4 heteroatoms. The Kier molecular flexibility index (Phi) is 2.60. The maximum atomic E-state index is 12.0. The second-order valence-electron chi connectivity index (χ2n) is 3.51. The standard InChI is InChI=1S/C11H15N3O/c1-2-13-6-3-9-4-7-14(8-5-12)11(15)10(9)13/h3-4,6-7H,2,5,8,12H2,1H3. The molecule has 0 aliphatic carbocycles. The van der Waals surface area contributed by atoms with Crippen LogP contribution in [0.1, 0.15) is 6.92 Å². The van der Waals surface area contributed by atoms with Gasteiger partial charge in [0.1, 0.15) is 5.52 Å². The van der Waals surface area contributed by atoms with Crippen molar-refractivity contribution >= 4 is 10.9 Å². The highest BCUT2D eigenvalue weighted by atomic mass is 16.1. The number of hydrogen-bond donors (Lipinski definition) is 1. The van der Waals surface area contributed by atoms with Crippen LogP contribution in [0.5, 0.6) is 0 Å². The normalized spacial score (nSPS) is 11.1. The van der Waals surface area contributed by atoms with Crippen LogP contribution < -0.4 is 11.3 Å². The van der Waals surface area contributed by atoms with Crippen molar-refractivity contribution < 1.29 is 0 Å². The second kappa shape index (κ2) is 3.90. The molecule has 15 heavy (non-hydrogen) atoms. The third-order valence-corrected chi connectivity index (χ3v) is 2.60. The van der Waals surface area contributed by atoms with Crippen molar-refractivity contribution in [3.8, 4) is 0 Å². The predicted molar refractivity (Wildman–Crippen MR) is 60.9 cm³/mol. The van der Waals surface area contributed by atoms with Gasteiger partial charge in [-0.1, -0.05) is 0 Å². The summed E-state index contributed by atoms with van der Waals surface area (Å²) >= 11 is 0. The fourth-order valence-corrected chi connectivity index (χ4v) is 1.82. The lowest BCUT2D eigenvalue weighted by Crippen LogP contribution is -2.24. The molecule has 2 heterocycles. The summed E-state index contributed by atoms with van der Waals surface area (Å²) in [4.78, 5) is 12.0. The van der Waals surface area contributed by atoms with Gasteiger partial charge >= 0.3 is 0 Å². The Morgan fingerprint density at radius 1 is 1.27 bits per heavy atom. The summed E-state index contributed by atoms with van der Waals surface area (Å²) in [7, 11) is 0. The molecule has 4 nitrogen and oxygen atoms in total. The number of hydrogen-bond acceptors (Lipinski definition) is 2. The molecule has 2 rings (SSSR count). The zero-order valence-corrected chi connectivity index (χ0v) is 8.81. The largest absolute Gasteiger partial charge is 0.343 e. The van der Waals surface area contributed by atoms with E-state index in [-0.39, 0.29) is 5.56 Å². The molecule has 0 spiro atoms. The average molecular weight is 205 g/mol.